The van der Waals surface area contributed by atoms with Crippen molar-refractivity contribution in [2.24, 2.45) is 0 Å². The van der Waals surface area contributed by atoms with Gasteiger partial charge in [0.1, 0.15) is 0 Å². The highest BCUT2D eigenvalue weighted by molar-refractivity contribution is 6.31. The summed E-state index contributed by atoms with van der Waals surface area (Å²) in [4.78, 5) is 0. The number of aryl methyl sites for hydroxylation is 1. The molecule has 0 radical (unpaired) electrons. The summed E-state index contributed by atoms with van der Waals surface area (Å²) in [7, 11) is 0. The number of fused-ring (bicyclic) bond motifs is 3. The molecular formula is C15H13Cl. The van der Waals surface area contributed by atoms with Crippen LogP contribution in [-0.4, -0.2) is 0 Å². The summed E-state index contributed by atoms with van der Waals surface area (Å²) in [6, 6.07) is 13.0. The van der Waals surface area contributed by atoms with Gasteiger partial charge in [0.2, 0.25) is 0 Å². The number of hydrogen-bond donors (Lipinski definition) is 0. The van der Waals surface area contributed by atoms with E-state index in [0.29, 0.717) is 0 Å². The molecule has 0 saturated carbocycles. The summed E-state index contributed by atoms with van der Waals surface area (Å²) >= 11 is 6.06. The first-order valence-electron chi connectivity index (χ1n) is 5.68. The van der Waals surface area contributed by atoms with Crippen molar-refractivity contribution in [3.8, 4) is 11.1 Å². The van der Waals surface area contributed by atoms with E-state index in [9.17, 15) is 0 Å². The van der Waals surface area contributed by atoms with E-state index < -0.39 is 0 Å². The monoisotopic (exact) mass is 228 g/mol. The Bertz CT molecular complexity index is 555. The van der Waals surface area contributed by atoms with Crippen LogP contribution in [0, 0.1) is 0 Å². The lowest BCUT2D eigenvalue weighted by Crippen LogP contribution is -1.84. The van der Waals surface area contributed by atoms with Crippen LogP contribution in [0.25, 0.3) is 11.1 Å². The molecule has 1 heteroatoms. The van der Waals surface area contributed by atoms with Gasteiger partial charge < -0.3 is 0 Å². The molecule has 1 aliphatic carbocycles. The van der Waals surface area contributed by atoms with E-state index in [1.807, 2.05) is 6.07 Å². The lowest BCUT2D eigenvalue weighted by atomic mass is 10.0. The van der Waals surface area contributed by atoms with Crippen LogP contribution in [-0.2, 0) is 12.8 Å². The quantitative estimate of drug-likeness (QED) is 0.576. The van der Waals surface area contributed by atoms with Crippen LogP contribution in [0.5, 0.6) is 0 Å². The average Bonchev–Trinajstić information content (AvgIpc) is 2.66. The molecule has 1 aliphatic rings. The fourth-order valence-corrected chi connectivity index (χ4v) is 2.58. The van der Waals surface area contributed by atoms with Crippen molar-refractivity contribution in [1.82, 2.24) is 0 Å². The predicted octanol–water partition coefficient (Wildman–Crippen LogP) is 4.47. The lowest BCUT2D eigenvalue weighted by Gasteiger charge is -2.04. The first-order valence-corrected chi connectivity index (χ1v) is 6.06. The van der Waals surface area contributed by atoms with Crippen LogP contribution in [0.15, 0.2) is 36.4 Å². The minimum atomic E-state index is 0.827. The van der Waals surface area contributed by atoms with Crippen molar-refractivity contribution in [2.75, 3.05) is 0 Å². The van der Waals surface area contributed by atoms with Crippen molar-refractivity contribution in [2.45, 2.75) is 19.8 Å². The van der Waals surface area contributed by atoms with Crippen molar-refractivity contribution in [3.05, 3.63) is 58.1 Å². The fourth-order valence-electron chi connectivity index (χ4n) is 2.41. The minimum Gasteiger partial charge on any atom is -0.0843 e. The van der Waals surface area contributed by atoms with Gasteiger partial charge in [0.05, 0.1) is 0 Å². The molecular weight excluding hydrogens is 216 g/mol. The lowest BCUT2D eigenvalue weighted by molar-refractivity contribution is 1.13. The Morgan fingerprint density at radius 3 is 2.44 bits per heavy atom. The zero-order chi connectivity index (χ0) is 11.1. The summed E-state index contributed by atoms with van der Waals surface area (Å²) in [6.07, 6.45) is 2.13. The Kier molecular flexibility index (Phi) is 2.26. The Balaban J connectivity index is 2.22. The molecule has 2 aromatic rings. The van der Waals surface area contributed by atoms with Crippen LogP contribution in [0.1, 0.15) is 23.6 Å². The second-order valence-corrected chi connectivity index (χ2v) is 4.76. The van der Waals surface area contributed by atoms with Crippen molar-refractivity contribution in [1.29, 1.82) is 0 Å². The molecule has 0 spiro atoms. The first kappa shape index (κ1) is 9.92. The topological polar surface area (TPSA) is 0 Å². The normalized spacial score (nSPS) is 12.4. The molecule has 0 aromatic heterocycles. The number of benzene rings is 2. The molecule has 0 aliphatic heterocycles. The third kappa shape index (κ3) is 1.45. The second-order valence-electron chi connectivity index (χ2n) is 4.32. The Morgan fingerprint density at radius 1 is 1.00 bits per heavy atom. The Morgan fingerprint density at radius 2 is 1.69 bits per heavy atom. The highest BCUT2D eigenvalue weighted by atomic mass is 35.5. The number of rotatable bonds is 1. The van der Waals surface area contributed by atoms with Gasteiger partial charge in [-0.1, -0.05) is 42.8 Å². The third-order valence-corrected chi connectivity index (χ3v) is 3.56. The zero-order valence-electron chi connectivity index (χ0n) is 9.26. The first-order chi connectivity index (χ1) is 7.78. The van der Waals surface area contributed by atoms with E-state index in [0.717, 1.165) is 17.9 Å². The molecule has 0 fully saturated rings. The largest absolute Gasteiger partial charge is 0.0843 e. The van der Waals surface area contributed by atoms with Crippen LogP contribution in [0.2, 0.25) is 5.02 Å². The molecule has 0 unspecified atom stereocenters. The van der Waals surface area contributed by atoms with Gasteiger partial charge in [-0.3, -0.25) is 0 Å². The molecule has 3 rings (SSSR count). The van der Waals surface area contributed by atoms with Crippen LogP contribution in [0.3, 0.4) is 0 Å². The summed E-state index contributed by atoms with van der Waals surface area (Å²) in [5.41, 5.74) is 6.91. The average molecular weight is 229 g/mol. The minimum absolute atomic E-state index is 0.827. The predicted molar refractivity (Wildman–Crippen MR) is 69.1 cm³/mol. The van der Waals surface area contributed by atoms with E-state index in [4.69, 9.17) is 11.6 Å². The Hall–Kier alpha value is -1.27. The summed E-state index contributed by atoms with van der Waals surface area (Å²) in [5.74, 6) is 0. The SMILES string of the molecule is CCc1ccc2c(c1)-c1cc(Cl)ccc1C2. The molecule has 0 bridgehead atoms. The maximum absolute atomic E-state index is 6.06. The van der Waals surface area contributed by atoms with Gasteiger partial charge >= 0.3 is 0 Å². The standard InChI is InChI=1S/C15H13Cl/c1-2-10-3-4-11-8-12-5-6-13(16)9-15(12)14(11)7-10/h3-7,9H,2,8H2,1H3. The molecule has 16 heavy (non-hydrogen) atoms. The van der Waals surface area contributed by atoms with E-state index in [1.165, 1.54) is 27.8 Å². The molecule has 0 nitrogen and oxygen atoms in total. The molecule has 0 heterocycles. The molecule has 0 N–H and O–H groups in total. The smallest absolute Gasteiger partial charge is 0.0412 e. The van der Waals surface area contributed by atoms with Crippen LogP contribution >= 0.6 is 11.6 Å². The van der Waals surface area contributed by atoms with Crippen molar-refractivity contribution < 1.29 is 0 Å². The molecule has 0 amide bonds. The number of hydrogen-bond acceptors (Lipinski definition) is 0. The zero-order valence-corrected chi connectivity index (χ0v) is 10.0. The van der Waals surface area contributed by atoms with E-state index in [1.54, 1.807) is 0 Å². The van der Waals surface area contributed by atoms with Gasteiger partial charge in [-0.15, -0.1) is 0 Å². The fraction of sp³-hybridized carbons (Fsp3) is 0.200. The number of halogens is 1. The van der Waals surface area contributed by atoms with Crippen LogP contribution < -0.4 is 0 Å². The summed E-state index contributed by atoms with van der Waals surface area (Å²) < 4.78 is 0. The van der Waals surface area contributed by atoms with Crippen LogP contribution in [0.4, 0.5) is 0 Å². The molecule has 80 valence electrons. The second kappa shape index (κ2) is 3.64. The van der Waals surface area contributed by atoms with E-state index in [-0.39, 0.29) is 0 Å². The highest BCUT2D eigenvalue weighted by Crippen LogP contribution is 2.38. The van der Waals surface area contributed by atoms with Crippen molar-refractivity contribution in [3.63, 3.8) is 0 Å². The third-order valence-electron chi connectivity index (χ3n) is 3.33. The van der Waals surface area contributed by atoms with Gasteiger partial charge in [0.15, 0.2) is 0 Å². The molecule has 0 saturated heterocycles. The maximum Gasteiger partial charge on any atom is 0.0412 e. The summed E-state index contributed by atoms with van der Waals surface area (Å²) in [6.45, 7) is 2.19. The maximum atomic E-state index is 6.06. The van der Waals surface area contributed by atoms with Gasteiger partial charge in [-0.2, -0.15) is 0 Å². The van der Waals surface area contributed by atoms with E-state index >= 15 is 0 Å². The van der Waals surface area contributed by atoms with Crippen molar-refractivity contribution >= 4 is 11.6 Å². The van der Waals surface area contributed by atoms with E-state index in [2.05, 4.69) is 37.3 Å². The molecule has 2 aromatic carbocycles. The Labute approximate surface area is 101 Å². The highest BCUT2D eigenvalue weighted by Gasteiger charge is 2.18. The van der Waals surface area contributed by atoms with Gasteiger partial charge in [0, 0.05) is 5.02 Å². The van der Waals surface area contributed by atoms with Gasteiger partial charge in [-0.25, -0.2) is 0 Å². The summed E-state index contributed by atoms with van der Waals surface area (Å²) in [5, 5.41) is 0.827. The van der Waals surface area contributed by atoms with Gasteiger partial charge in [0.25, 0.3) is 0 Å². The molecule has 0 atom stereocenters. The van der Waals surface area contributed by atoms with Gasteiger partial charge in [-0.05, 0) is 52.8 Å².